The molecule has 1 saturated carbocycles. The molecule has 1 aliphatic carbocycles. The minimum atomic E-state index is 0.0764. The second kappa shape index (κ2) is 6.34. The lowest BCUT2D eigenvalue weighted by atomic mass is 9.93. The number of aromatic nitrogens is 2. The fraction of sp³-hybridized carbons (Fsp3) is 0.444. The number of likely N-dealkylation sites (N-methyl/N-ethyl adjacent to an activating group) is 1. The highest BCUT2D eigenvalue weighted by atomic mass is 16.2. The number of hydrogen-bond acceptors (Lipinski definition) is 2. The summed E-state index contributed by atoms with van der Waals surface area (Å²) < 4.78 is 1.80. The zero-order chi connectivity index (χ0) is 15.5. The SMILES string of the molecule is CCn1cc(C(=O)N(C)[C@H]2CCC[C@@H]2c2ccccc2)cn1. The van der Waals surface area contributed by atoms with Crippen molar-refractivity contribution in [2.45, 2.75) is 44.7 Å². The standard InChI is InChI=1S/C18H23N3O/c1-3-21-13-15(12-19-21)18(22)20(2)17-11-7-10-16(17)14-8-5-4-6-9-14/h4-6,8-9,12-13,16-17H,3,7,10-11H2,1-2H3/t16-,17+/m1/s1. The largest absolute Gasteiger partial charge is 0.338 e. The maximum absolute atomic E-state index is 12.7. The molecule has 4 heteroatoms. The van der Waals surface area contributed by atoms with Crippen molar-refractivity contribution in [3.05, 3.63) is 53.9 Å². The van der Waals surface area contributed by atoms with Gasteiger partial charge in [-0.25, -0.2) is 0 Å². The van der Waals surface area contributed by atoms with E-state index in [4.69, 9.17) is 0 Å². The molecule has 4 nitrogen and oxygen atoms in total. The molecule has 0 saturated heterocycles. The van der Waals surface area contributed by atoms with E-state index in [1.807, 2.05) is 31.1 Å². The van der Waals surface area contributed by atoms with Gasteiger partial charge in [0.2, 0.25) is 0 Å². The molecule has 0 N–H and O–H groups in total. The molecule has 2 aromatic rings. The first-order chi connectivity index (χ1) is 10.7. The van der Waals surface area contributed by atoms with E-state index in [-0.39, 0.29) is 11.9 Å². The van der Waals surface area contributed by atoms with Gasteiger partial charge in [-0.2, -0.15) is 5.10 Å². The van der Waals surface area contributed by atoms with Crippen LogP contribution in [0.25, 0.3) is 0 Å². The second-order valence-corrected chi connectivity index (χ2v) is 6.02. The molecule has 2 atom stereocenters. The van der Waals surface area contributed by atoms with Gasteiger partial charge < -0.3 is 4.90 Å². The average Bonchev–Trinajstić information content (AvgIpc) is 3.23. The van der Waals surface area contributed by atoms with Crippen LogP contribution >= 0.6 is 0 Å². The molecule has 1 amide bonds. The molecule has 1 aromatic heterocycles. The minimum absolute atomic E-state index is 0.0764. The molecule has 1 fully saturated rings. The highest BCUT2D eigenvalue weighted by Crippen LogP contribution is 2.37. The van der Waals surface area contributed by atoms with E-state index >= 15 is 0 Å². The Morgan fingerprint density at radius 2 is 2.09 bits per heavy atom. The molecule has 22 heavy (non-hydrogen) atoms. The molecule has 116 valence electrons. The van der Waals surface area contributed by atoms with E-state index in [1.165, 1.54) is 12.0 Å². The van der Waals surface area contributed by atoms with E-state index < -0.39 is 0 Å². The number of rotatable bonds is 4. The third-order valence-electron chi connectivity index (χ3n) is 4.73. The van der Waals surface area contributed by atoms with Crippen LogP contribution in [0.1, 0.15) is 48.0 Å². The van der Waals surface area contributed by atoms with Gasteiger partial charge in [-0.15, -0.1) is 0 Å². The second-order valence-electron chi connectivity index (χ2n) is 6.02. The van der Waals surface area contributed by atoms with Gasteiger partial charge in [0, 0.05) is 31.7 Å². The predicted octanol–water partition coefficient (Wildman–Crippen LogP) is 3.31. The molecule has 3 rings (SSSR count). The van der Waals surface area contributed by atoms with Crippen molar-refractivity contribution in [3.8, 4) is 0 Å². The summed E-state index contributed by atoms with van der Waals surface area (Å²) in [4.78, 5) is 14.6. The Labute approximate surface area is 131 Å². The summed E-state index contributed by atoms with van der Waals surface area (Å²) in [5.74, 6) is 0.518. The Morgan fingerprint density at radius 1 is 1.32 bits per heavy atom. The Morgan fingerprint density at radius 3 is 2.77 bits per heavy atom. The zero-order valence-corrected chi connectivity index (χ0v) is 13.3. The van der Waals surface area contributed by atoms with Crippen molar-refractivity contribution in [1.82, 2.24) is 14.7 Å². The molecule has 1 aromatic carbocycles. The molecule has 1 heterocycles. The summed E-state index contributed by atoms with van der Waals surface area (Å²) in [6, 6.07) is 10.8. The number of aryl methyl sites for hydroxylation is 1. The van der Waals surface area contributed by atoms with Crippen molar-refractivity contribution >= 4 is 5.91 Å². The normalized spacial score (nSPS) is 21.0. The van der Waals surface area contributed by atoms with Gasteiger partial charge in [-0.3, -0.25) is 9.48 Å². The van der Waals surface area contributed by atoms with Crippen LogP contribution in [0.5, 0.6) is 0 Å². The highest BCUT2D eigenvalue weighted by molar-refractivity contribution is 5.93. The van der Waals surface area contributed by atoms with Crippen molar-refractivity contribution in [2.75, 3.05) is 7.05 Å². The lowest BCUT2D eigenvalue weighted by molar-refractivity contribution is 0.0722. The van der Waals surface area contributed by atoms with Gasteiger partial charge in [-0.05, 0) is 25.3 Å². The van der Waals surface area contributed by atoms with Crippen LogP contribution in [-0.2, 0) is 6.54 Å². The van der Waals surface area contributed by atoms with Crippen LogP contribution in [0.2, 0.25) is 0 Å². The molecule has 0 aliphatic heterocycles. The zero-order valence-electron chi connectivity index (χ0n) is 13.3. The molecule has 0 bridgehead atoms. The van der Waals surface area contributed by atoms with Crippen LogP contribution < -0.4 is 0 Å². The summed E-state index contributed by atoms with van der Waals surface area (Å²) in [5, 5.41) is 4.21. The van der Waals surface area contributed by atoms with E-state index in [0.29, 0.717) is 11.5 Å². The summed E-state index contributed by atoms with van der Waals surface area (Å²) in [6.07, 6.45) is 6.92. The molecule has 1 aliphatic rings. The van der Waals surface area contributed by atoms with Crippen molar-refractivity contribution in [2.24, 2.45) is 0 Å². The number of amides is 1. The van der Waals surface area contributed by atoms with Crippen LogP contribution in [0.3, 0.4) is 0 Å². The van der Waals surface area contributed by atoms with Crippen molar-refractivity contribution in [3.63, 3.8) is 0 Å². The van der Waals surface area contributed by atoms with E-state index in [2.05, 4.69) is 29.4 Å². The number of benzene rings is 1. The first-order valence-corrected chi connectivity index (χ1v) is 8.05. The van der Waals surface area contributed by atoms with Gasteiger partial charge in [-0.1, -0.05) is 36.8 Å². The number of carbonyl (C=O) groups is 1. The van der Waals surface area contributed by atoms with Gasteiger partial charge in [0.1, 0.15) is 0 Å². The first-order valence-electron chi connectivity index (χ1n) is 8.05. The summed E-state index contributed by atoms with van der Waals surface area (Å²) in [5.41, 5.74) is 2.02. The Kier molecular flexibility index (Phi) is 4.27. The van der Waals surface area contributed by atoms with Gasteiger partial charge >= 0.3 is 0 Å². The lowest BCUT2D eigenvalue weighted by Gasteiger charge is -2.30. The molecular formula is C18H23N3O. The highest BCUT2D eigenvalue weighted by Gasteiger charge is 2.34. The third kappa shape index (κ3) is 2.78. The van der Waals surface area contributed by atoms with Gasteiger partial charge in [0.15, 0.2) is 0 Å². The van der Waals surface area contributed by atoms with E-state index in [9.17, 15) is 4.79 Å². The fourth-order valence-electron chi connectivity index (χ4n) is 3.49. The van der Waals surface area contributed by atoms with Crippen molar-refractivity contribution < 1.29 is 4.79 Å². The molecular weight excluding hydrogens is 274 g/mol. The summed E-state index contributed by atoms with van der Waals surface area (Å²) >= 11 is 0. The van der Waals surface area contributed by atoms with Crippen LogP contribution in [-0.4, -0.2) is 33.7 Å². The van der Waals surface area contributed by atoms with Crippen LogP contribution in [0.15, 0.2) is 42.7 Å². The number of carbonyl (C=O) groups excluding carboxylic acids is 1. The predicted molar refractivity (Wildman–Crippen MR) is 86.8 cm³/mol. The number of nitrogens with zero attached hydrogens (tertiary/aromatic N) is 3. The topological polar surface area (TPSA) is 38.1 Å². The molecule has 0 spiro atoms. The third-order valence-corrected chi connectivity index (χ3v) is 4.73. The fourth-order valence-corrected chi connectivity index (χ4v) is 3.49. The van der Waals surface area contributed by atoms with Crippen LogP contribution in [0.4, 0.5) is 0 Å². The summed E-state index contributed by atoms with van der Waals surface area (Å²) in [7, 11) is 1.93. The lowest BCUT2D eigenvalue weighted by Crippen LogP contribution is -2.38. The average molecular weight is 297 g/mol. The van der Waals surface area contributed by atoms with Crippen LogP contribution in [0, 0.1) is 0 Å². The first kappa shape index (κ1) is 14.8. The Hall–Kier alpha value is -2.10. The quantitative estimate of drug-likeness (QED) is 0.868. The van der Waals surface area contributed by atoms with Gasteiger partial charge in [0.05, 0.1) is 11.8 Å². The Bertz CT molecular complexity index is 635. The minimum Gasteiger partial charge on any atom is -0.338 e. The smallest absolute Gasteiger partial charge is 0.257 e. The van der Waals surface area contributed by atoms with Gasteiger partial charge in [0.25, 0.3) is 5.91 Å². The Balaban J connectivity index is 1.78. The summed E-state index contributed by atoms with van der Waals surface area (Å²) in [6.45, 7) is 2.81. The molecule has 0 unspecified atom stereocenters. The van der Waals surface area contributed by atoms with Crippen molar-refractivity contribution in [1.29, 1.82) is 0 Å². The monoisotopic (exact) mass is 297 g/mol. The van der Waals surface area contributed by atoms with E-state index in [0.717, 1.165) is 19.4 Å². The van der Waals surface area contributed by atoms with E-state index in [1.54, 1.807) is 10.9 Å². The number of hydrogen-bond donors (Lipinski definition) is 0. The maximum Gasteiger partial charge on any atom is 0.257 e. The molecule has 0 radical (unpaired) electrons. The maximum atomic E-state index is 12.7.